The van der Waals surface area contributed by atoms with E-state index in [9.17, 15) is 28.8 Å². The van der Waals surface area contributed by atoms with E-state index in [0.29, 0.717) is 76.1 Å². The second-order valence-electron chi connectivity index (χ2n) is 23.5. The van der Waals surface area contributed by atoms with Crippen molar-refractivity contribution in [2.45, 2.75) is 153 Å². The minimum absolute atomic E-state index is 0.0275. The number of likely N-dealkylation sites (tertiary alicyclic amines) is 2. The maximum absolute atomic E-state index is 14.8. The van der Waals surface area contributed by atoms with Gasteiger partial charge in [-0.1, -0.05) is 137 Å². The molecule has 8 rings (SSSR count). The molecule has 2 saturated carbocycles. The largest absolute Gasteiger partial charge is 0.380 e. The lowest BCUT2D eigenvalue weighted by atomic mass is 9.83. The molecule has 15 heteroatoms. The Morgan fingerprint density at radius 2 is 0.914 bits per heavy atom. The van der Waals surface area contributed by atoms with Gasteiger partial charge < -0.3 is 45.0 Å². The number of hydrogen-bond acceptors (Lipinski definition) is 9. The van der Waals surface area contributed by atoms with Crippen LogP contribution >= 0.6 is 0 Å². The number of likely N-dealkylation sites (N-methyl/N-ethyl adjacent to an activating group) is 1. The van der Waals surface area contributed by atoms with E-state index in [1.165, 1.54) is 0 Å². The van der Waals surface area contributed by atoms with E-state index in [1.807, 2.05) is 118 Å². The average Bonchev–Trinajstić information content (AvgIpc) is 4.17. The number of rotatable bonds is 24. The molecule has 4 aromatic rings. The van der Waals surface area contributed by atoms with Crippen LogP contribution in [-0.4, -0.2) is 158 Å². The van der Waals surface area contributed by atoms with Crippen LogP contribution in [0.25, 0.3) is 11.1 Å². The zero-order valence-electron chi connectivity index (χ0n) is 48.9. The molecule has 2 aliphatic carbocycles. The van der Waals surface area contributed by atoms with Gasteiger partial charge in [0.15, 0.2) is 0 Å². The number of methoxy groups -OCH3 is 2. The molecular weight excluding hydrogens is 1020 g/mol. The maximum atomic E-state index is 14.8. The summed E-state index contributed by atoms with van der Waals surface area (Å²) in [7, 11) is 5.07. The number of hydrogen-bond donors (Lipinski definition) is 3. The molecule has 6 amide bonds. The summed E-state index contributed by atoms with van der Waals surface area (Å²) in [5, 5.41) is 9.31. The lowest BCUT2D eigenvalue weighted by Crippen LogP contribution is -2.57. The third-order valence-corrected chi connectivity index (χ3v) is 17.8. The van der Waals surface area contributed by atoms with Crippen LogP contribution in [0.15, 0.2) is 109 Å². The maximum Gasteiger partial charge on any atom is 0.253 e. The Kier molecular flexibility index (Phi) is 22.1. The number of ether oxygens (including phenoxy) is 2. The van der Waals surface area contributed by atoms with Gasteiger partial charge in [-0.3, -0.25) is 28.8 Å². The highest BCUT2D eigenvalue weighted by Gasteiger charge is 2.44. The number of nitrogens with zero attached hydrogens (tertiary/aromatic N) is 4. The fourth-order valence-electron chi connectivity index (χ4n) is 12.6. The molecule has 4 aromatic carbocycles. The Bertz CT molecular complexity index is 2680. The van der Waals surface area contributed by atoms with Gasteiger partial charge in [0.25, 0.3) is 11.8 Å². The van der Waals surface area contributed by atoms with Crippen LogP contribution in [0.5, 0.6) is 0 Å². The highest BCUT2D eigenvalue weighted by molar-refractivity contribution is 5.96. The zero-order chi connectivity index (χ0) is 57.4. The molecular formula is C66H89N7O8. The summed E-state index contributed by atoms with van der Waals surface area (Å²) < 4.78 is 11.8. The van der Waals surface area contributed by atoms with Crippen LogP contribution < -0.4 is 16.0 Å². The average molecular weight is 1110 g/mol. The Hall–Kier alpha value is -6.42. The predicted molar refractivity (Wildman–Crippen MR) is 316 cm³/mol. The van der Waals surface area contributed by atoms with Crippen molar-refractivity contribution in [2.75, 3.05) is 60.5 Å². The molecule has 2 heterocycles. The minimum atomic E-state index is -0.668. The van der Waals surface area contributed by atoms with Gasteiger partial charge in [-0.2, -0.15) is 0 Å². The molecule has 0 radical (unpaired) electrons. The lowest BCUT2D eigenvalue weighted by Gasteiger charge is -2.37. The molecule has 4 aliphatic rings. The van der Waals surface area contributed by atoms with Crippen LogP contribution in [-0.2, 0) is 41.5 Å². The van der Waals surface area contributed by atoms with Gasteiger partial charge >= 0.3 is 0 Å². The molecule has 436 valence electrons. The highest BCUT2D eigenvalue weighted by atomic mass is 16.5. The van der Waals surface area contributed by atoms with E-state index in [-0.39, 0.29) is 77.5 Å². The number of carbonyl (C=O) groups is 6. The molecule has 0 spiro atoms. The van der Waals surface area contributed by atoms with Crippen LogP contribution in [0.2, 0.25) is 0 Å². The first kappa shape index (κ1) is 60.7. The lowest BCUT2D eigenvalue weighted by molar-refractivity contribution is -0.140. The normalized spacial score (nSPS) is 20.8. The van der Waals surface area contributed by atoms with Crippen molar-refractivity contribution >= 4 is 35.4 Å². The van der Waals surface area contributed by atoms with E-state index in [2.05, 4.69) is 40.2 Å². The Morgan fingerprint density at radius 1 is 0.531 bits per heavy atom. The quantitative estimate of drug-likeness (QED) is 0.0625. The molecule has 4 fully saturated rings. The summed E-state index contributed by atoms with van der Waals surface area (Å²) >= 11 is 0. The van der Waals surface area contributed by atoms with Crippen LogP contribution in [0.3, 0.4) is 0 Å². The summed E-state index contributed by atoms with van der Waals surface area (Å²) in [6.45, 7) is 7.74. The van der Waals surface area contributed by atoms with Crippen LogP contribution in [0, 0.1) is 17.8 Å². The predicted octanol–water partition coefficient (Wildman–Crippen LogP) is 8.35. The van der Waals surface area contributed by atoms with Crippen molar-refractivity contribution in [2.24, 2.45) is 17.8 Å². The summed E-state index contributed by atoms with van der Waals surface area (Å²) in [4.78, 5) is 93.2. The van der Waals surface area contributed by atoms with E-state index in [1.54, 1.807) is 28.2 Å². The standard InChI is InChI=1S/C66H89N7O8/c1-45(2)61(74)68-59(51-23-15-9-16-24-51)65(78)72-43-57(80-5)39-55(72)41-70(37-35-47-19-11-7-12-20-47)63(76)53-31-27-49(28-32-53)50-29-33-54(34-30-50)64(77)71(38-36-48-21-13-8-14-22-48)42-56-40-58(81-6)44-73(56)66(79)60(52-25-17-10-18-26-52)69-62(75)46(3)67-4/h7-8,11-14,19-22,27-34,45-46,51-52,55-60,67H,9-10,15-18,23-26,35-44H2,1-6H3,(H,68,74)(H,69,75)/t46-,55-,56-,57-,58-,59-,60-/m0/s1. The molecule has 2 aliphatic heterocycles. The van der Waals surface area contributed by atoms with E-state index in [0.717, 1.165) is 86.5 Å². The van der Waals surface area contributed by atoms with E-state index < -0.39 is 18.1 Å². The van der Waals surface area contributed by atoms with Crippen molar-refractivity contribution in [1.29, 1.82) is 0 Å². The molecule has 0 aromatic heterocycles. The molecule has 2 saturated heterocycles. The van der Waals surface area contributed by atoms with Gasteiger partial charge in [0.05, 0.1) is 30.3 Å². The van der Waals surface area contributed by atoms with E-state index >= 15 is 0 Å². The fraction of sp³-hybridized carbons (Fsp3) is 0.545. The summed E-state index contributed by atoms with van der Waals surface area (Å²) in [5.41, 5.74) is 5.00. The SMILES string of the molecule is CN[C@@H](C)C(=O)N[C@H](C(=O)N1C[C@@H](OC)C[C@H]1CN(CCc1ccccc1)C(=O)c1ccc(-c2ccc(C(=O)N(CCc3ccccc3)C[C@@H]3C[C@H](OC)CN3C(=O)[C@@H](NC(=O)C(C)C)C3CCCCC3)cc2)cc1)C1CCCCC1. The second-order valence-corrected chi connectivity index (χ2v) is 23.5. The summed E-state index contributed by atoms with van der Waals surface area (Å²) in [6.07, 6.45) is 11.8. The molecule has 15 nitrogen and oxygen atoms in total. The Labute approximate surface area is 481 Å². The number of amides is 6. The van der Waals surface area contributed by atoms with Crippen molar-refractivity contribution in [3.05, 3.63) is 131 Å². The monoisotopic (exact) mass is 1110 g/mol. The van der Waals surface area contributed by atoms with Gasteiger partial charge in [0.2, 0.25) is 23.6 Å². The van der Waals surface area contributed by atoms with Gasteiger partial charge in [0.1, 0.15) is 12.1 Å². The first-order valence-corrected chi connectivity index (χ1v) is 30.1. The zero-order valence-corrected chi connectivity index (χ0v) is 48.9. The van der Waals surface area contributed by atoms with Gasteiger partial charge in [-0.15, -0.1) is 0 Å². The summed E-state index contributed by atoms with van der Waals surface area (Å²) in [5.74, 6) is -1.02. The van der Waals surface area contributed by atoms with Crippen molar-refractivity contribution in [3.63, 3.8) is 0 Å². The molecule has 3 N–H and O–H groups in total. The van der Waals surface area contributed by atoms with Gasteiger partial charge in [-0.25, -0.2) is 0 Å². The fourth-order valence-corrected chi connectivity index (χ4v) is 12.6. The van der Waals surface area contributed by atoms with Gasteiger partial charge in [0, 0.05) is 70.5 Å². The minimum Gasteiger partial charge on any atom is -0.380 e. The van der Waals surface area contributed by atoms with Crippen molar-refractivity contribution in [3.8, 4) is 11.1 Å². The number of benzene rings is 4. The van der Waals surface area contributed by atoms with Crippen LogP contribution in [0.1, 0.15) is 130 Å². The third-order valence-electron chi connectivity index (χ3n) is 17.8. The number of carbonyl (C=O) groups excluding carboxylic acids is 6. The van der Waals surface area contributed by atoms with Crippen molar-refractivity contribution < 1.29 is 38.2 Å². The molecule has 7 atom stereocenters. The molecule has 0 unspecified atom stereocenters. The van der Waals surface area contributed by atoms with Crippen LogP contribution in [0.4, 0.5) is 0 Å². The first-order valence-electron chi connectivity index (χ1n) is 30.1. The van der Waals surface area contributed by atoms with Crippen molar-refractivity contribution in [1.82, 2.24) is 35.6 Å². The first-order chi connectivity index (χ1) is 39.2. The molecule has 0 bridgehead atoms. The highest BCUT2D eigenvalue weighted by Crippen LogP contribution is 2.33. The second kappa shape index (κ2) is 29.5. The van der Waals surface area contributed by atoms with E-state index in [4.69, 9.17) is 9.47 Å². The Balaban J connectivity index is 0.998. The topological polar surface area (TPSA) is 170 Å². The molecule has 81 heavy (non-hydrogen) atoms. The smallest absolute Gasteiger partial charge is 0.253 e. The van der Waals surface area contributed by atoms with Gasteiger partial charge in [-0.05, 0) is 124 Å². The summed E-state index contributed by atoms with van der Waals surface area (Å²) in [6, 6.07) is 32.9. The Morgan fingerprint density at radius 3 is 1.27 bits per heavy atom. The third kappa shape index (κ3) is 16.0. The number of nitrogens with one attached hydrogen (secondary N) is 3.